The van der Waals surface area contributed by atoms with E-state index in [4.69, 9.17) is 4.74 Å². The quantitative estimate of drug-likeness (QED) is 0.827. The van der Waals surface area contributed by atoms with Gasteiger partial charge in [-0.3, -0.25) is 0 Å². The molecule has 2 heterocycles. The van der Waals surface area contributed by atoms with Crippen molar-refractivity contribution in [3.63, 3.8) is 0 Å². The molecule has 1 aliphatic carbocycles. The van der Waals surface area contributed by atoms with Gasteiger partial charge in [0.2, 0.25) is 0 Å². The van der Waals surface area contributed by atoms with E-state index in [0.717, 1.165) is 13.2 Å². The third-order valence-corrected chi connectivity index (χ3v) is 6.55. The number of halogens is 1. The molecule has 112 valence electrons. The first-order chi connectivity index (χ1) is 9.72. The number of thiophene rings is 1. The lowest BCUT2D eigenvalue weighted by molar-refractivity contribution is -0.0979. The summed E-state index contributed by atoms with van der Waals surface area (Å²) in [5.74, 6) is 0.715. The summed E-state index contributed by atoms with van der Waals surface area (Å²) < 4.78 is 7.43. The Labute approximate surface area is 134 Å². The van der Waals surface area contributed by atoms with Gasteiger partial charge in [-0.25, -0.2) is 0 Å². The molecule has 0 bridgehead atoms. The SMILES string of the molecule is CCNC(c1ccc(Br)s1)C1CCOC2(CCCC2)C1. The van der Waals surface area contributed by atoms with Crippen LogP contribution >= 0.6 is 27.3 Å². The maximum atomic E-state index is 6.19. The Morgan fingerprint density at radius 3 is 2.90 bits per heavy atom. The van der Waals surface area contributed by atoms with E-state index in [1.807, 2.05) is 11.3 Å². The van der Waals surface area contributed by atoms with E-state index >= 15 is 0 Å². The van der Waals surface area contributed by atoms with Crippen molar-refractivity contribution in [1.82, 2.24) is 5.32 Å². The molecule has 4 heteroatoms. The molecular weight excluding hydrogens is 334 g/mol. The van der Waals surface area contributed by atoms with Crippen LogP contribution in [0.5, 0.6) is 0 Å². The Hall–Kier alpha value is 0.1000. The highest BCUT2D eigenvalue weighted by molar-refractivity contribution is 9.11. The molecule has 1 spiro atoms. The molecule has 2 unspecified atom stereocenters. The zero-order chi connectivity index (χ0) is 14.0. The van der Waals surface area contributed by atoms with Gasteiger partial charge in [0.25, 0.3) is 0 Å². The number of hydrogen-bond acceptors (Lipinski definition) is 3. The first kappa shape index (κ1) is 15.0. The van der Waals surface area contributed by atoms with Gasteiger partial charge in [0.05, 0.1) is 9.39 Å². The predicted molar refractivity (Wildman–Crippen MR) is 88.3 cm³/mol. The fraction of sp³-hybridized carbons (Fsp3) is 0.750. The Balaban J connectivity index is 1.76. The van der Waals surface area contributed by atoms with Crippen LogP contribution in [0.4, 0.5) is 0 Å². The van der Waals surface area contributed by atoms with Crippen molar-refractivity contribution in [2.24, 2.45) is 5.92 Å². The topological polar surface area (TPSA) is 21.3 Å². The molecule has 2 atom stereocenters. The molecular formula is C16H24BrNOS. The summed E-state index contributed by atoms with van der Waals surface area (Å²) in [6.45, 7) is 4.18. The lowest BCUT2D eigenvalue weighted by Gasteiger charge is -2.41. The molecule has 0 aromatic carbocycles. The van der Waals surface area contributed by atoms with Gasteiger partial charge in [-0.05, 0) is 66.2 Å². The standard InChI is InChI=1S/C16H24BrNOS/c1-2-18-15(13-5-6-14(17)20-13)12-7-10-19-16(11-12)8-3-4-9-16/h5-6,12,15,18H,2-4,7-11H2,1H3. The van der Waals surface area contributed by atoms with Crippen molar-refractivity contribution in [3.8, 4) is 0 Å². The fourth-order valence-electron chi connectivity index (χ4n) is 3.93. The summed E-state index contributed by atoms with van der Waals surface area (Å²) in [4.78, 5) is 1.47. The summed E-state index contributed by atoms with van der Waals surface area (Å²) >= 11 is 5.48. The third kappa shape index (κ3) is 3.13. The average molecular weight is 358 g/mol. The van der Waals surface area contributed by atoms with Crippen molar-refractivity contribution >= 4 is 27.3 Å². The van der Waals surface area contributed by atoms with E-state index in [1.54, 1.807) is 0 Å². The Morgan fingerprint density at radius 1 is 1.45 bits per heavy atom. The van der Waals surface area contributed by atoms with Gasteiger partial charge in [0.15, 0.2) is 0 Å². The van der Waals surface area contributed by atoms with Crippen LogP contribution in [-0.4, -0.2) is 18.8 Å². The van der Waals surface area contributed by atoms with E-state index in [9.17, 15) is 0 Å². The van der Waals surface area contributed by atoms with Crippen molar-refractivity contribution in [2.45, 2.75) is 57.1 Å². The molecule has 2 aliphatic rings. The van der Waals surface area contributed by atoms with Crippen molar-refractivity contribution in [3.05, 3.63) is 20.8 Å². The van der Waals surface area contributed by atoms with Gasteiger partial charge in [-0.2, -0.15) is 0 Å². The van der Waals surface area contributed by atoms with Crippen molar-refractivity contribution in [1.29, 1.82) is 0 Å². The summed E-state index contributed by atoms with van der Waals surface area (Å²) in [5.41, 5.74) is 0.213. The van der Waals surface area contributed by atoms with Crippen LogP contribution in [0.1, 0.15) is 56.4 Å². The highest BCUT2D eigenvalue weighted by Gasteiger charge is 2.42. The Kier molecular flexibility index (Phi) is 4.86. The van der Waals surface area contributed by atoms with Crippen LogP contribution in [0.25, 0.3) is 0 Å². The number of rotatable bonds is 4. The monoisotopic (exact) mass is 357 g/mol. The number of hydrogen-bond donors (Lipinski definition) is 1. The van der Waals surface area contributed by atoms with Gasteiger partial charge in [-0.1, -0.05) is 19.8 Å². The van der Waals surface area contributed by atoms with E-state index in [0.29, 0.717) is 12.0 Å². The highest BCUT2D eigenvalue weighted by atomic mass is 79.9. The van der Waals surface area contributed by atoms with Gasteiger partial charge >= 0.3 is 0 Å². The zero-order valence-corrected chi connectivity index (χ0v) is 14.6. The second kappa shape index (κ2) is 6.47. The Bertz CT molecular complexity index is 441. The molecule has 1 aromatic heterocycles. The van der Waals surface area contributed by atoms with Crippen LogP contribution in [-0.2, 0) is 4.74 Å². The zero-order valence-electron chi connectivity index (χ0n) is 12.2. The van der Waals surface area contributed by atoms with E-state index in [1.165, 1.54) is 47.2 Å². The molecule has 20 heavy (non-hydrogen) atoms. The van der Waals surface area contributed by atoms with Crippen LogP contribution in [0.3, 0.4) is 0 Å². The minimum absolute atomic E-state index is 0.213. The second-order valence-electron chi connectivity index (χ2n) is 6.17. The Morgan fingerprint density at radius 2 is 2.25 bits per heavy atom. The second-order valence-corrected chi connectivity index (χ2v) is 8.66. The third-order valence-electron chi connectivity index (χ3n) is 4.84. The van der Waals surface area contributed by atoms with Gasteiger partial charge in [0.1, 0.15) is 0 Å². The maximum absolute atomic E-state index is 6.19. The van der Waals surface area contributed by atoms with E-state index < -0.39 is 0 Å². The first-order valence-electron chi connectivity index (χ1n) is 7.85. The van der Waals surface area contributed by atoms with Crippen LogP contribution in [0, 0.1) is 5.92 Å². The first-order valence-corrected chi connectivity index (χ1v) is 9.46. The summed E-state index contributed by atoms with van der Waals surface area (Å²) in [6.07, 6.45) is 7.67. The van der Waals surface area contributed by atoms with E-state index in [-0.39, 0.29) is 5.60 Å². The molecule has 1 saturated heterocycles. The predicted octanol–water partition coefficient (Wildman–Crippen LogP) is 4.90. The largest absolute Gasteiger partial charge is 0.375 e. The molecule has 1 aliphatic heterocycles. The minimum Gasteiger partial charge on any atom is -0.375 e. The summed E-state index contributed by atoms with van der Waals surface area (Å²) in [6, 6.07) is 4.95. The fourth-order valence-corrected chi connectivity index (χ4v) is 5.53. The number of nitrogens with one attached hydrogen (secondary N) is 1. The van der Waals surface area contributed by atoms with Gasteiger partial charge in [-0.15, -0.1) is 11.3 Å². The molecule has 1 saturated carbocycles. The van der Waals surface area contributed by atoms with E-state index in [2.05, 4.69) is 40.3 Å². The molecule has 0 amide bonds. The van der Waals surface area contributed by atoms with Crippen molar-refractivity contribution < 1.29 is 4.74 Å². The number of ether oxygens (including phenoxy) is 1. The van der Waals surface area contributed by atoms with Crippen LogP contribution in [0.15, 0.2) is 15.9 Å². The van der Waals surface area contributed by atoms with Crippen molar-refractivity contribution in [2.75, 3.05) is 13.2 Å². The molecule has 3 rings (SSSR count). The van der Waals surface area contributed by atoms with Gasteiger partial charge in [0, 0.05) is 17.5 Å². The lowest BCUT2D eigenvalue weighted by atomic mass is 9.80. The normalized spacial score (nSPS) is 27.0. The van der Waals surface area contributed by atoms with Crippen LogP contribution in [0.2, 0.25) is 0 Å². The van der Waals surface area contributed by atoms with Crippen LogP contribution < -0.4 is 5.32 Å². The minimum atomic E-state index is 0.213. The summed E-state index contributed by atoms with van der Waals surface area (Å²) in [7, 11) is 0. The molecule has 2 fully saturated rings. The summed E-state index contributed by atoms with van der Waals surface area (Å²) in [5, 5.41) is 3.72. The molecule has 1 N–H and O–H groups in total. The molecule has 1 aromatic rings. The smallest absolute Gasteiger partial charge is 0.0701 e. The molecule has 0 radical (unpaired) electrons. The molecule has 2 nitrogen and oxygen atoms in total. The maximum Gasteiger partial charge on any atom is 0.0701 e. The van der Waals surface area contributed by atoms with Gasteiger partial charge < -0.3 is 10.1 Å². The lowest BCUT2D eigenvalue weighted by Crippen LogP contribution is -2.41. The average Bonchev–Trinajstić information content (AvgIpc) is 3.06. The highest BCUT2D eigenvalue weighted by Crippen LogP contribution is 2.46.